The highest BCUT2D eigenvalue weighted by Gasteiger charge is 2.34. The van der Waals surface area contributed by atoms with Gasteiger partial charge in [-0.15, -0.1) is 53.9 Å². The Balaban J connectivity index is 1.41. The molecule has 0 saturated carbocycles. The third-order valence-electron chi connectivity index (χ3n) is 6.38. The molecule has 0 unspecified atom stereocenters. The molecule has 0 aliphatic rings. The number of fused-ring (bicyclic) bond motifs is 1. The minimum atomic E-state index is -4.86. The van der Waals surface area contributed by atoms with Gasteiger partial charge in [0.1, 0.15) is 28.1 Å². The number of nitrogens with zero attached hydrogens (tertiary/aromatic N) is 4. The number of nitro benzene ring substituents is 1. The van der Waals surface area contributed by atoms with E-state index in [0.29, 0.717) is 30.6 Å². The summed E-state index contributed by atoms with van der Waals surface area (Å²) in [5, 5.41) is 15.5. The van der Waals surface area contributed by atoms with E-state index in [1.807, 2.05) is 0 Å². The molecule has 0 amide bonds. The zero-order valence-electron chi connectivity index (χ0n) is 22.3. The monoisotopic (exact) mass is 694 g/mol. The molecule has 0 spiro atoms. The lowest BCUT2D eigenvalue weighted by molar-refractivity contribution is -0.383. The summed E-state index contributed by atoms with van der Waals surface area (Å²) in [7, 11) is 0. The quantitative estimate of drug-likeness (QED) is 0.0673. The number of thiophene rings is 2. The first-order valence-corrected chi connectivity index (χ1v) is 14.9. The molecule has 6 aromatic rings. The number of hydrogen-bond donors (Lipinski definition) is 0. The van der Waals surface area contributed by atoms with E-state index < -0.39 is 40.5 Å². The largest absolute Gasteiger partial charge is 0.573 e. The van der Waals surface area contributed by atoms with Crippen molar-refractivity contribution < 1.29 is 40.7 Å². The van der Waals surface area contributed by atoms with Gasteiger partial charge in [-0.1, -0.05) is 0 Å². The Morgan fingerprint density at radius 3 is 1.48 bits per heavy atom. The zero-order valence-corrected chi connectivity index (χ0v) is 24.7. The molecule has 0 bridgehead atoms. The molecule has 18 heteroatoms. The highest BCUT2D eigenvalue weighted by molar-refractivity contribution is 7.19. The Kier molecular flexibility index (Phi) is 7.95. The van der Waals surface area contributed by atoms with Crippen LogP contribution in [0.25, 0.3) is 52.8 Å². The molecule has 0 N–H and O–H groups in total. The molecular weight excluding hydrogens is 683 g/mol. The molecule has 6 rings (SSSR count). The van der Waals surface area contributed by atoms with Crippen molar-refractivity contribution in [2.45, 2.75) is 12.7 Å². The fourth-order valence-corrected chi connectivity index (χ4v) is 7.28. The van der Waals surface area contributed by atoms with Crippen molar-refractivity contribution >= 4 is 56.8 Å². The third-order valence-corrected chi connectivity index (χ3v) is 9.22. The van der Waals surface area contributed by atoms with Gasteiger partial charge in [-0.25, -0.2) is 0 Å². The number of rotatable bonds is 8. The van der Waals surface area contributed by atoms with Crippen LogP contribution in [0.15, 0.2) is 78.0 Å². The van der Waals surface area contributed by atoms with Crippen LogP contribution in [-0.2, 0) is 0 Å². The molecule has 3 heterocycles. The van der Waals surface area contributed by atoms with Crippen molar-refractivity contribution in [1.29, 1.82) is 0 Å². The Bertz CT molecular complexity index is 2090. The SMILES string of the molecule is O=Nc1c([N+](=O)[O-])c(-c2ccc(-c3ccc(OC(F)(F)F)cc3)s2)c2nsnc2c1-c1ccc(-c2ccc(OC(F)(F)F)cc2)s1. The van der Waals surface area contributed by atoms with Gasteiger partial charge in [0.05, 0.1) is 22.2 Å². The minimum Gasteiger partial charge on any atom is -0.406 e. The van der Waals surface area contributed by atoms with Crippen molar-refractivity contribution in [3.8, 4) is 53.3 Å². The molecule has 3 aromatic carbocycles. The van der Waals surface area contributed by atoms with Gasteiger partial charge in [-0.05, 0) is 89.1 Å². The van der Waals surface area contributed by atoms with Crippen LogP contribution >= 0.6 is 34.4 Å². The third kappa shape index (κ3) is 6.26. The first-order valence-electron chi connectivity index (χ1n) is 12.5. The van der Waals surface area contributed by atoms with Gasteiger partial charge >= 0.3 is 18.4 Å². The van der Waals surface area contributed by atoms with E-state index in [9.17, 15) is 41.4 Å². The number of nitro groups is 1. The van der Waals surface area contributed by atoms with Gasteiger partial charge < -0.3 is 9.47 Å². The predicted octanol–water partition coefficient (Wildman–Crippen LogP) is 10.6. The summed E-state index contributed by atoms with van der Waals surface area (Å²) in [6.07, 6.45) is -9.71. The maximum Gasteiger partial charge on any atom is 0.573 e. The average Bonchev–Trinajstić information content (AvgIpc) is 3.76. The lowest BCUT2D eigenvalue weighted by Gasteiger charge is -2.09. The summed E-state index contributed by atoms with van der Waals surface area (Å²) in [6.45, 7) is 0. The van der Waals surface area contributed by atoms with Gasteiger partial charge in [-0.2, -0.15) is 8.75 Å². The van der Waals surface area contributed by atoms with Crippen molar-refractivity contribution in [1.82, 2.24) is 8.75 Å². The van der Waals surface area contributed by atoms with E-state index in [-0.39, 0.29) is 22.2 Å². The molecule has 3 aromatic heterocycles. The topological polar surface area (TPSA) is 117 Å². The Morgan fingerprint density at radius 1 is 0.652 bits per heavy atom. The predicted molar refractivity (Wildman–Crippen MR) is 160 cm³/mol. The molecule has 0 saturated heterocycles. The van der Waals surface area contributed by atoms with Crippen molar-refractivity contribution in [3.63, 3.8) is 0 Å². The van der Waals surface area contributed by atoms with Gasteiger partial charge in [0.2, 0.25) is 0 Å². The maximum absolute atomic E-state index is 12.5. The molecule has 0 radical (unpaired) electrons. The van der Waals surface area contributed by atoms with E-state index in [4.69, 9.17) is 0 Å². The fraction of sp³-hybridized carbons (Fsp3) is 0.0714. The van der Waals surface area contributed by atoms with Crippen LogP contribution in [0.4, 0.5) is 37.7 Å². The average molecular weight is 695 g/mol. The number of nitroso groups, excluding NO2 is 1. The molecule has 234 valence electrons. The second kappa shape index (κ2) is 11.8. The smallest absolute Gasteiger partial charge is 0.406 e. The fourth-order valence-electron chi connectivity index (χ4n) is 4.61. The molecule has 46 heavy (non-hydrogen) atoms. The summed E-state index contributed by atoms with van der Waals surface area (Å²) in [4.78, 5) is 25.8. The molecular formula is C28H12F6N4O5S3. The number of halogens is 6. The molecule has 0 aliphatic carbocycles. The molecule has 0 fully saturated rings. The number of aromatic nitrogens is 2. The van der Waals surface area contributed by atoms with Crippen molar-refractivity contribution in [2.24, 2.45) is 5.18 Å². The number of alkyl halides is 6. The molecule has 9 nitrogen and oxygen atoms in total. The lowest BCUT2D eigenvalue weighted by atomic mass is 10.0. The molecule has 0 aliphatic heterocycles. The lowest BCUT2D eigenvalue weighted by Crippen LogP contribution is -2.16. The normalized spacial score (nSPS) is 12.0. The Hall–Kier alpha value is -4.94. The van der Waals surface area contributed by atoms with Crippen molar-refractivity contribution in [3.05, 3.63) is 87.8 Å². The van der Waals surface area contributed by atoms with Crippen molar-refractivity contribution in [2.75, 3.05) is 0 Å². The number of ether oxygens (including phenoxy) is 2. The second-order valence-corrected chi connectivity index (χ2v) is 11.9. The van der Waals surface area contributed by atoms with Crippen LogP contribution in [0.3, 0.4) is 0 Å². The summed E-state index contributed by atoms with van der Waals surface area (Å²) in [5.41, 5.74) is 0.292. The first-order chi connectivity index (χ1) is 21.8. The van der Waals surface area contributed by atoms with Gasteiger partial charge in [0.15, 0.2) is 5.69 Å². The standard InChI is InChI=1S/C28H12F6N4O5S3/c29-27(30,31)42-15-5-1-13(2-6-15)17-9-11-19(44-17)21-23-24(37-46-36-23)22(26(38(40)41)25(21)35-39)20-12-10-18(45-20)14-3-7-16(8-4-14)43-28(32,33)34/h1-12H. The van der Waals surface area contributed by atoms with E-state index >= 15 is 0 Å². The van der Waals surface area contributed by atoms with Crippen LogP contribution < -0.4 is 9.47 Å². The van der Waals surface area contributed by atoms with E-state index in [0.717, 1.165) is 58.7 Å². The van der Waals surface area contributed by atoms with Crippen LogP contribution in [0.5, 0.6) is 11.5 Å². The zero-order chi connectivity index (χ0) is 32.8. The Labute approximate surface area is 264 Å². The first kappa shape index (κ1) is 31.1. The highest BCUT2D eigenvalue weighted by Crippen LogP contribution is 2.53. The summed E-state index contributed by atoms with van der Waals surface area (Å²) >= 11 is 2.95. The Morgan fingerprint density at radius 2 is 1.07 bits per heavy atom. The van der Waals surface area contributed by atoms with E-state index in [2.05, 4.69) is 23.4 Å². The van der Waals surface area contributed by atoms with Gasteiger partial charge in [-0.3, -0.25) is 10.1 Å². The molecule has 0 atom stereocenters. The summed E-state index contributed by atoms with van der Waals surface area (Å²) < 4.78 is 91.7. The van der Waals surface area contributed by atoms with Crippen LogP contribution in [0, 0.1) is 15.0 Å². The summed E-state index contributed by atoms with van der Waals surface area (Å²) in [5.74, 6) is -0.827. The van der Waals surface area contributed by atoms with Gasteiger partial charge in [0, 0.05) is 19.5 Å². The van der Waals surface area contributed by atoms with E-state index in [1.165, 1.54) is 24.3 Å². The maximum atomic E-state index is 12.5. The van der Waals surface area contributed by atoms with Crippen LogP contribution in [0.1, 0.15) is 0 Å². The number of benzene rings is 3. The van der Waals surface area contributed by atoms with Crippen LogP contribution in [0.2, 0.25) is 0 Å². The van der Waals surface area contributed by atoms with E-state index in [1.54, 1.807) is 24.3 Å². The summed E-state index contributed by atoms with van der Waals surface area (Å²) in [6, 6.07) is 16.6. The van der Waals surface area contributed by atoms with Gasteiger partial charge in [0.25, 0.3) is 0 Å². The number of hydrogen-bond acceptors (Lipinski definition) is 11. The highest BCUT2D eigenvalue weighted by atomic mass is 32.1. The minimum absolute atomic E-state index is 0.00240. The second-order valence-electron chi connectivity index (χ2n) is 9.23. The van der Waals surface area contributed by atoms with Crippen LogP contribution in [-0.4, -0.2) is 26.4 Å².